The fourth-order valence-corrected chi connectivity index (χ4v) is 2.13. The van der Waals surface area contributed by atoms with Crippen molar-refractivity contribution < 1.29 is 9.90 Å². The van der Waals surface area contributed by atoms with Crippen molar-refractivity contribution in [2.45, 2.75) is 19.8 Å². The number of benzene rings is 1. The molecule has 1 aliphatic carbocycles. The molecule has 1 aliphatic rings. The molecule has 0 saturated heterocycles. The lowest BCUT2D eigenvalue weighted by atomic mass is 10.2. The Hall–Kier alpha value is -0.780. The number of phenols is 1. The summed E-state index contributed by atoms with van der Waals surface area (Å²) < 4.78 is 0.768. The maximum Gasteiger partial charge on any atom is 0.253 e. The highest BCUT2D eigenvalue weighted by Crippen LogP contribution is 2.30. The Labute approximate surface area is 115 Å². The van der Waals surface area contributed by atoms with Crippen molar-refractivity contribution >= 4 is 28.5 Å². The van der Waals surface area contributed by atoms with Crippen LogP contribution in [-0.4, -0.2) is 29.0 Å². The predicted molar refractivity (Wildman–Crippen MR) is 75.1 cm³/mol. The Morgan fingerprint density at radius 3 is 2.76 bits per heavy atom. The summed E-state index contributed by atoms with van der Waals surface area (Å²) in [5.74, 6) is 0.890. The topological polar surface area (TPSA) is 40.5 Å². The van der Waals surface area contributed by atoms with Gasteiger partial charge in [-0.1, -0.05) is 0 Å². The van der Waals surface area contributed by atoms with Gasteiger partial charge in [0, 0.05) is 18.7 Å². The van der Waals surface area contributed by atoms with Crippen molar-refractivity contribution in [1.82, 2.24) is 4.90 Å². The van der Waals surface area contributed by atoms with Crippen molar-refractivity contribution in [2.75, 3.05) is 13.1 Å². The number of carbonyl (C=O) groups excluding carboxylic acids is 1. The zero-order chi connectivity index (χ0) is 12.4. The minimum Gasteiger partial charge on any atom is -0.507 e. The molecule has 1 saturated carbocycles. The first-order valence-corrected chi connectivity index (χ1v) is 6.97. The Morgan fingerprint density at radius 2 is 2.24 bits per heavy atom. The molecule has 1 amide bonds. The Kier molecular flexibility index (Phi) is 3.91. The molecule has 1 aromatic carbocycles. The van der Waals surface area contributed by atoms with Crippen LogP contribution >= 0.6 is 22.6 Å². The molecule has 92 valence electrons. The van der Waals surface area contributed by atoms with Gasteiger partial charge in [0.15, 0.2) is 0 Å². The first-order valence-electron chi connectivity index (χ1n) is 5.89. The number of phenolic OH excluding ortho intramolecular Hbond substituents is 1. The van der Waals surface area contributed by atoms with Crippen LogP contribution < -0.4 is 0 Å². The van der Waals surface area contributed by atoms with Gasteiger partial charge in [-0.25, -0.2) is 0 Å². The van der Waals surface area contributed by atoms with Gasteiger partial charge in [0.1, 0.15) is 5.75 Å². The molecular formula is C13H16INO2. The average Bonchev–Trinajstić information content (AvgIpc) is 3.12. The van der Waals surface area contributed by atoms with Crippen LogP contribution in [0.4, 0.5) is 0 Å². The molecule has 3 nitrogen and oxygen atoms in total. The van der Waals surface area contributed by atoms with Gasteiger partial charge in [0.2, 0.25) is 0 Å². The molecule has 0 bridgehead atoms. The summed E-state index contributed by atoms with van der Waals surface area (Å²) in [7, 11) is 0. The monoisotopic (exact) mass is 345 g/mol. The number of nitrogens with zero attached hydrogens (tertiary/aromatic N) is 1. The molecule has 0 radical (unpaired) electrons. The summed E-state index contributed by atoms with van der Waals surface area (Å²) in [5, 5.41) is 9.62. The lowest BCUT2D eigenvalue weighted by molar-refractivity contribution is 0.0756. The third-order valence-electron chi connectivity index (χ3n) is 3.04. The van der Waals surface area contributed by atoms with Gasteiger partial charge in [-0.15, -0.1) is 0 Å². The second-order valence-corrected chi connectivity index (χ2v) is 5.62. The van der Waals surface area contributed by atoms with Crippen LogP contribution in [0.5, 0.6) is 5.75 Å². The maximum absolute atomic E-state index is 12.2. The van der Waals surface area contributed by atoms with E-state index in [2.05, 4.69) is 0 Å². The van der Waals surface area contributed by atoms with Crippen molar-refractivity contribution in [3.63, 3.8) is 0 Å². The van der Waals surface area contributed by atoms with Gasteiger partial charge < -0.3 is 10.0 Å². The second kappa shape index (κ2) is 5.25. The first kappa shape index (κ1) is 12.7. The normalized spacial score (nSPS) is 14.7. The minimum atomic E-state index is 0.0195. The maximum atomic E-state index is 12.2. The van der Waals surface area contributed by atoms with Crippen LogP contribution in [0, 0.1) is 9.49 Å². The van der Waals surface area contributed by atoms with Crippen LogP contribution in [0.2, 0.25) is 0 Å². The number of amides is 1. The molecule has 1 fully saturated rings. The lowest BCUT2D eigenvalue weighted by Crippen LogP contribution is -2.32. The zero-order valence-electron chi connectivity index (χ0n) is 9.82. The minimum absolute atomic E-state index is 0.0195. The summed E-state index contributed by atoms with van der Waals surface area (Å²) in [5.41, 5.74) is 0.574. The van der Waals surface area contributed by atoms with E-state index >= 15 is 0 Å². The number of hydrogen-bond donors (Lipinski definition) is 1. The average molecular weight is 345 g/mol. The van der Waals surface area contributed by atoms with E-state index in [1.165, 1.54) is 12.8 Å². The fraction of sp³-hybridized carbons (Fsp3) is 0.462. The molecule has 0 spiro atoms. The number of hydrogen-bond acceptors (Lipinski definition) is 2. The molecule has 4 heteroatoms. The summed E-state index contributed by atoms with van der Waals surface area (Å²) in [6.45, 7) is 3.57. The smallest absolute Gasteiger partial charge is 0.253 e. The highest BCUT2D eigenvalue weighted by molar-refractivity contribution is 14.1. The van der Waals surface area contributed by atoms with E-state index in [1.807, 2.05) is 34.4 Å². The molecular weight excluding hydrogens is 329 g/mol. The third-order valence-corrected chi connectivity index (χ3v) is 3.95. The van der Waals surface area contributed by atoms with Crippen LogP contribution in [0.25, 0.3) is 0 Å². The van der Waals surface area contributed by atoms with Crippen molar-refractivity contribution in [3.8, 4) is 5.75 Å². The summed E-state index contributed by atoms with van der Waals surface area (Å²) in [6.07, 6.45) is 2.48. The van der Waals surface area contributed by atoms with Crippen molar-refractivity contribution in [2.24, 2.45) is 5.92 Å². The van der Waals surface area contributed by atoms with E-state index in [0.717, 1.165) is 16.7 Å². The number of rotatable bonds is 4. The number of halogens is 1. The molecule has 1 aromatic rings. The highest BCUT2D eigenvalue weighted by atomic mass is 127. The summed E-state index contributed by atoms with van der Waals surface area (Å²) in [4.78, 5) is 14.1. The van der Waals surface area contributed by atoms with E-state index in [-0.39, 0.29) is 11.7 Å². The number of carbonyl (C=O) groups is 1. The molecule has 2 rings (SSSR count). The van der Waals surface area contributed by atoms with Gasteiger partial charge in [0.05, 0.1) is 3.57 Å². The quantitative estimate of drug-likeness (QED) is 0.853. The second-order valence-electron chi connectivity index (χ2n) is 4.45. The van der Waals surface area contributed by atoms with Crippen LogP contribution in [0.1, 0.15) is 30.1 Å². The molecule has 0 atom stereocenters. The number of aromatic hydroxyl groups is 1. The van der Waals surface area contributed by atoms with Gasteiger partial charge in [-0.05, 0) is 66.5 Å². The Bertz CT molecular complexity index is 429. The molecule has 0 aromatic heterocycles. The standard InChI is InChI=1S/C13H16INO2/c1-2-15(8-9-3-4-9)13(17)10-5-6-11(14)12(16)7-10/h5-7,9,16H,2-4,8H2,1H3. The SMILES string of the molecule is CCN(CC1CC1)C(=O)c1ccc(I)c(O)c1. The third kappa shape index (κ3) is 3.12. The first-order chi connectivity index (χ1) is 8.11. The van der Waals surface area contributed by atoms with Gasteiger partial charge in [0.25, 0.3) is 5.91 Å². The Balaban J connectivity index is 2.12. The molecule has 1 N–H and O–H groups in total. The van der Waals surface area contributed by atoms with E-state index < -0.39 is 0 Å². The summed E-state index contributed by atoms with van der Waals surface area (Å²) >= 11 is 2.05. The van der Waals surface area contributed by atoms with Crippen molar-refractivity contribution in [1.29, 1.82) is 0 Å². The van der Waals surface area contributed by atoms with Crippen LogP contribution in [0.15, 0.2) is 18.2 Å². The van der Waals surface area contributed by atoms with E-state index in [4.69, 9.17) is 0 Å². The van der Waals surface area contributed by atoms with E-state index in [9.17, 15) is 9.90 Å². The van der Waals surface area contributed by atoms with Gasteiger partial charge in [-0.3, -0.25) is 4.79 Å². The molecule has 0 heterocycles. The van der Waals surface area contributed by atoms with E-state index in [0.29, 0.717) is 11.5 Å². The van der Waals surface area contributed by atoms with Crippen LogP contribution in [0.3, 0.4) is 0 Å². The van der Waals surface area contributed by atoms with Crippen molar-refractivity contribution in [3.05, 3.63) is 27.3 Å². The molecule has 0 aliphatic heterocycles. The summed E-state index contributed by atoms with van der Waals surface area (Å²) in [6, 6.07) is 5.10. The molecule has 17 heavy (non-hydrogen) atoms. The Morgan fingerprint density at radius 1 is 1.53 bits per heavy atom. The highest BCUT2D eigenvalue weighted by Gasteiger charge is 2.26. The zero-order valence-corrected chi connectivity index (χ0v) is 12.0. The largest absolute Gasteiger partial charge is 0.507 e. The van der Waals surface area contributed by atoms with E-state index in [1.54, 1.807) is 18.2 Å². The van der Waals surface area contributed by atoms with Gasteiger partial charge in [-0.2, -0.15) is 0 Å². The fourth-order valence-electron chi connectivity index (χ4n) is 1.80. The van der Waals surface area contributed by atoms with Crippen LogP contribution in [-0.2, 0) is 0 Å². The molecule has 0 unspecified atom stereocenters. The predicted octanol–water partition coefficient (Wildman–Crippen LogP) is 2.87. The van der Waals surface area contributed by atoms with Gasteiger partial charge >= 0.3 is 0 Å². The lowest BCUT2D eigenvalue weighted by Gasteiger charge is -2.20.